The van der Waals surface area contributed by atoms with Crippen LogP contribution in [0.25, 0.3) is 0 Å². The Labute approximate surface area is 114 Å². The van der Waals surface area contributed by atoms with Crippen LogP contribution in [0.4, 0.5) is 0 Å². The van der Waals surface area contributed by atoms with Crippen LogP contribution in [-0.2, 0) is 16.0 Å². The van der Waals surface area contributed by atoms with E-state index in [0.717, 1.165) is 6.42 Å². The molecule has 0 saturated carbocycles. The van der Waals surface area contributed by atoms with Crippen LogP contribution in [0.1, 0.15) is 31.1 Å². The minimum atomic E-state index is -0.893. The predicted octanol–water partition coefficient (Wildman–Crippen LogP) is 2.10. The second-order valence-corrected chi connectivity index (χ2v) is 5.55. The number of aliphatic carboxylic acids is 1. The Hall–Kier alpha value is -1.39. The van der Waals surface area contributed by atoms with Crippen molar-refractivity contribution in [2.75, 3.05) is 20.2 Å². The molecule has 1 heterocycles. The SMILES string of the molecule is CN(CC1OCCc2ccccc21)C(C)(C)C(=O)O. The fourth-order valence-electron chi connectivity index (χ4n) is 2.27. The van der Waals surface area contributed by atoms with Crippen LogP contribution in [0, 0.1) is 0 Å². The molecule has 0 radical (unpaired) electrons. The van der Waals surface area contributed by atoms with E-state index in [2.05, 4.69) is 12.1 Å². The lowest BCUT2D eigenvalue weighted by Crippen LogP contribution is -2.49. The molecular weight excluding hydrogens is 242 g/mol. The van der Waals surface area contributed by atoms with Gasteiger partial charge in [0.25, 0.3) is 0 Å². The highest BCUT2D eigenvalue weighted by molar-refractivity contribution is 5.77. The van der Waals surface area contributed by atoms with Crippen LogP contribution in [0.2, 0.25) is 0 Å². The van der Waals surface area contributed by atoms with Gasteiger partial charge >= 0.3 is 5.97 Å². The largest absolute Gasteiger partial charge is 0.480 e. The maximum atomic E-state index is 11.3. The number of nitrogens with zero attached hydrogens (tertiary/aromatic N) is 1. The van der Waals surface area contributed by atoms with Gasteiger partial charge < -0.3 is 9.84 Å². The maximum Gasteiger partial charge on any atom is 0.323 e. The van der Waals surface area contributed by atoms with E-state index in [4.69, 9.17) is 4.74 Å². The number of fused-ring (bicyclic) bond motifs is 1. The summed E-state index contributed by atoms with van der Waals surface area (Å²) in [6, 6.07) is 8.23. The Kier molecular flexibility index (Phi) is 3.92. The molecule has 1 aromatic rings. The third kappa shape index (κ3) is 2.80. The summed E-state index contributed by atoms with van der Waals surface area (Å²) in [5.41, 5.74) is 1.59. The minimum absolute atomic E-state index is 0.0476. The number of carbonyl (C=O) groups is 1. The zero-order valence-corrected chi connectivity index (χ0v) is 11.7. The van der Waals surface area contributed by atoms with Crippen LogP contribution >= 0.6 is 0 Å². The van der Waals surface area contributed by atoms with E-state index < -0.39 is 11.5 Å². The van der Waals surface area contributed by atoms with Crippen molar-refractivity contribution in [3.63, 3.8) is 0 Å². The Morgan fingerprint density at radius 1 is 1.47 bits per heavy atom. The van der Waals surface area contributed by atoms with Gasteiger partial charge in [0.2, 0.25) is 0 Å². The highest BCUT2D eigenvalue weighted by Crippen LogP contribution is 2.29. The molecule has 104 valence electrons. The lowest BCUT2D eigenvalue weighted by molar-refractivity contribution is -0.149. The van der Waals surface area contributed by atoms with E-state index in [9.17, 15) is 9.90 Å². The standard InChI is InChI=1S/C15H21NO3/c1-15(2,14(17)18)16(3)10-13-12-7-5-4-6-11(12)8-9-19-13/h4-7,13H,8-10H2,1-3H3,(H,17,18). The molecule has 0 amide bonds. The van der Waals surface area contributed by atoms with E-state index >= 15 is 0 Å². The monoisotopic (exact) mass is 263 g/mol. The first-order valence-corrected chi connectivity index (χ1v) is 6.57. The topological polar surface area (TPSA) is 49.8 Å². The van der Waals surface area contributed by atoms with Crippen LogP contribution in [-0.4, -0.2) is 41.7 Å². The summed E-state index contributed by atoms with van der Waals surface area (Å²) in [5, 5.41) is 9.25. The first-order chi connectivity index (χ1) is 8.93. The Balaban J connectivity index is 2.15. The van der Waals surface area contributed by atoms with Gasteiger partial charge in [-0.3, -0.25) is 9.69 Å². The van der Waals surface area contributed by atoms with E-state index in [-0.39, 0.29) is 6.10 Å². The lowest BCUT2D eigenvalue weighted by atomic mass is 9.96. The smallest absolute Gasteiger partial charge is 0.323 e. The van der Waals surface area contributed by atoms with Crippen LogP contribution < -0.4 is 0 Å². The average Bonchev–Trinajstić information content (AvgIpc) is 2.39. The van der Waals surface area contributed by atoms with E-state index in [0.29, 0.717) is 13.2 Å². The summed E-state index contributed by atoms with van der Waals surface area (Å²) in [4.78, 5) is 13.1. The van der Waals surface area contributed by atoms with Crippen molar-refractivity contribution >= 4 is 5.97 Å². The van der Waals surface area contributed by atoms with Gasteiger partial charge in [0.1, 0.15) is 5.54 Å². The molecule has 1 atom stereocenters. The summed E-state index contributed by atoms with van der Waals surface area (Å²) in [6.07, 6.45) is 0.882. The van der Waals surface area contributed by atoms with Gasteiger partial charge in [-0.1, -0.05) is 24.3 Å². The first kappa shape index (κ1) is 14.0. The molecule has 0 aliphatic carbocycles. The van der Waals surface area contributed by atoms with Crippen molar-refractivity contribution in [3.05, 3.63) is 35.4 Å². The molecule has 2 rings (SSSR count). The fourth-order valence-corrected chi connectivity index (χ4v) is 2.27. The summed E-state index contributed by atoms with van der Waals surface area (Å²) in [5.74, 6) is -0.820. The van der Waals surface area contributed by atoms with E-state index in [1.807, 2.05) is 24.1 Å². The Bertz CT molecular complexity index is 470. The number of rotatable bonds is 4. The zero-order chi connectivity index (χ0) is 14.0. The van der Waals surface area contributed by atoms with Crippen LogP contribution in [0.3, 0.4) is 0 Å². The van der Waals surface area contributed by atoms with E-state index in [1.165, 1.54) is 11.1 Å². The van der Waals surface area contributed by atoms with Crippen molar-refractivity contribution in [1.29, 1.82) is 0 Å². The second kappa shape index (κ2) is 5.31. The molecular formula is C15H21NO3. The van der Waals surface area contributed by atoms with Crippen LogP contribution in [0.15, 0.2) is 24.3 Å². The third-order valence-corrected chi connectivity index (χ3v) is 4.01. The van der Waals surface area contributed by atoms with Gasteiger partial charge in [-0.15, -0.1) is 0 Å². The van der Waals surface area contributed by atoms with Gasteiger partial charge in [0.05, 0.1) is 12.7 Å². The number of carboxylic acids is 1. The fraction of sp³-hybridized carbons (Fsp3) is 0.533. The molecule has 0 fully saturated rings. The van der Waals surface area contributed by atoms with Gasteiger partial charge in [0.15, 0.2) is 0 Å². The van der Waals surface area contributed by atoms with Crippen molar-refractivity contribution in [1.82, 2.24) is 4.90 Å². The molecule has 1 aliphatic heterocycles. The van der Waals surface area contributed by atoms with Gasteiger partial charge in [-0.05, 0) is 38.4 Å². The quantitative estimate of drug-likeness (QED) is 0.903. The summed E-state index contributed by atoms with van der Waals surface area (Å²) in [7, 11) is 1.83. The summed E-state index contributed by atoms with van der Waals surface area (Å²) >= 11 is 0. The number of carboxylic acid groups (broad SMARTS) is 1. The number of likely N-dealkylation sites (N-methyl/N-ethyl adjacent to an activating group) is 1. The molecule has 0 aromatic heterocycles. The zero-order valence-electron chi connectivity index (χ0n) is 11.7. The first-order valence-electron chi connectivity index (χ1n) is 6.57. The van der Waals surface area contributed by atoms with E-state index in [1.54, 1.807) is 13.8 Å². The highest BCUT2D eigenvalue weighted by Gasteiger charge is 2.34. The minimum Gasteiger partial charge on any atom is -0.480 e. The normalized spacial score (nSPS) is 19.3. The predicted molar refractivity (Wildman–Crippen MR) is 73.2 cm³/mol. The molecule has 0 spiro atoms. The number of hydrogen-bond donors (Lipinski definition) is 1. The highest BCUT2D eigenvalue weighted by atomic mass is 16.5. The van der Waals surface area contributed by atoms with Crippen molar-refractivity contribution in [3.8, 4) is 0 Å². The van der Waals surface area contributed by atoms with Crippen LogP contribution in [0.5, 0.6) is 0 Å². The number of benzene rings is 1. The molecule has 1 unspecified atom stereocenters. The molecule has 4 nitrogen and oxygen atoms in total. The van der Waals surface area contributed by atoms with Gasteiger partial charge in [0, 0.05) is 6.54 Å². The number of ether oxygens (including phenoxy) is 1. The number of hydrogen-bond acceptors (Lipinski definition) is 3. The molecule has 0 saturated heterocycles. The molecule has 1 aliphatic rings. The maximum absolute atomic E-state index is 11.3. The third-order valence-electron chi connectivity index (χ3n) is 4.01. The van der Waals surface area contributed by atoms with Crippen molar-refractivity contribution < 1.29 is 14.6 Å². The molecule has 0 bridgehead atoms. The lowest BCUT2D eigenvalue weighted by Gasteiger charge is -2.36. The van der Waals surface area contributed by atoms with Crippen molar-refractivity contribution in [2.24, 2.45) is 0 Å². The Morgan fingerprint density at radius 2 is 2.16 bits per heavy atom. The summed E-state index contributed by atoms with van der Waals surface area (Å²) < 4.78 is 5.82. The van der Waals surface area contributed by atoms with Gasteiger partial charge in [-0.25, -0.2) is 0 Å². The molecule has 1 aromatic carbocycles. The van der Waals surface area contributed by atoms with Gasteiger partial charge in [-0.2, -0.15) is 0 Å². The summed E-state index contributed by atoms with van der Waals surface area (Å²) in [6.45, 7) is 4.70. The van der Waals surface area contributed by atoms with Crippen molar-refractivity contribution in [2.45, 2.75) is 31.9 Å². The molecule has 1 N–H and O–H groups in total. The second-order valence-electron chi connectivity index (χ2n) is 5.55. The molecule has 19 heavy (non-hydrogen) atoms. The average molecular weight is 263 g/mol. The Morgan fingerprint density at radius 3 is 2.84 bits per heavy atom. The molecule has 4 heteroatoms.